The predicted octanol–water partition coefficient (Wildman–Crippen LogP) is 0.353. The third-order valence-corrected chi connectivity index (χ3v) is 3.10. The third kappa shape index (κ3) is 2.60. The van der Waals surface area contributed by atoms with Crippen LogP contribution in [-0.2, 0) is 4.79 Å². The first-order valence-electron chi connectivity index (χ1n) is 6.20. The first-order valence-corrected chi connectivity index (χ1v) is 6.20. The van der Waals surface area contributed by atoms with Gasteiger partial charge in [0.2, 0.25) is 5.91 Å². The van der Waals surface area contributed by atoms with Crippen molar-refractivity contribution in [1.29, 1.82) is 0 Å². The maximum Gasteiger partial charge on any atom is 0.241 e. The van der Waals surface area contributed by atoms with E-state index in [2.05, 4.69) is 26.2 Å². The summed E-state index contributed by atoms with van der Waals surface area (Å²) in [7, 11) is 0. The zero-order valence-electron chi connectivity index (χ0n) is 10.3. The smallest absolute Gasteiger partial charge is 0.241 e. The number of nitrogens with zero attached hydrogens (tertiary/aromatic N) is 4. The highest BCUT2D eigenvalue weighted by Crippen LogP contribution is 2.15. The Morgan fingerprint density at radius 3 is 3.16 bits per heavy atom. The third-order valence-electron chi connectivity index (χ3n) is 3.10. The van der Waals surface area contributed by atoms with Gasteiger partial charge in [-0.3, -0.25) is 4.79 Å². The van der Waals surface area contributed by atoms with Gasteiger partial charge in [0.1, 0.15) is 6.33 Å². The number of nitrogens with one attached hydrogen (secondary N) is 2. The van der Waals surface area contributed by atoms with E-state index in [1.165, 1.54) is 6.33 Å². The van der Waals surface area contributed by atoms with Crippen molar-refractivity contribution >= 4 is 11.6 Å². The Bertz CT molecular complexity index is 561. The summed E-state index contributed by atoms with van der Waals surface area (Å²) < 4.78 is 1.55. The largest absolute Gasteiger partial charge is 0.325 e. The minimum atomic E-state index is -0.0864. The zero-order chi connectivity index (χ0) is 13.1. The van der Waals surface area contributed by atoms with Crippen molar-refractivity contribution in [2.75, 3.05) is 11.9 Å². The Balaban J connectivity index is 1.74. The van der Waals surface area contributed by atoms with E-state index in [9.17, 15) is 4.79 Å². The number of rotatable bonds is 3. The fourth-order valence-electron chi connectivity index (χ4n) is 2.14. The minimum Gasteiger partial charge on any atom is -0.325 e. The molecule has 1 aromatic heterocycles. The highest BCUT2D eigenvalue weighted by molar-refractivity contribution is 5.95. The lowest BCUT2D eigenvalue weighted by molar-refractivity contribution is -0.117. The maximum absolute atomic E-state index is 12.0. The van der Waals surface area contributed by atoms with E-state index in [1.54, 1.807) is 4.68 Å². The number of carbonyl (C=O) groups is 1. The molecule has 2 aromatic rings. The lowest BCUT2D eigenvalue weighted by atomic mass is 10.2. The topological polar surface area (TPSA) is 84.7 Å². The summed E-state index contributed by atoms with van der Waals surface area (Å²) in [5.74, 6) is 0.00589. The second kappa shape index (κ2) is 5.15. The molecule has 1 amide bonds. The van der Waals surface area contributed by atoms with Gasteiger partial charge < -0.3 is 10.6 Å². The Morgan fingerprint density at radius 2 is 2.42 bits per heavy atom. The van der Waals surface area contributed by atoms with Crippen molar-refractivity contribution < 1.29 is 4.79 Å². The summed E-state index contributed by atoms with van der Waals surface area (Å²) in [4.78, 5) is 12.0. The molecular weight excluding hydrogens is 244 g/mol. The number of tetrazole rings is 1. The summed E-state index contributed by atoms with van der Waals surface area (Å²) in [6, 6.07) is 7.33. The average Bonchev–Trinajstić information content (AvgIpc) is 3.13. The molecule has 2 N–H and O–H groups in total. The number of hydrogen-bond donors (Lipinski definition) is 2. The maximum atomic E-state index is 12.0. The van der Waals surface area contributed by atoms with E-state index in [-0.39, 0.29) is 11.9 Å². The highest BCUT2D eigenvalue weighted by Gasteiger charge is 2.21. The Morgan fingerprint density at radius 1 is 1.47 bits per heavy atom. The molecule has 1 aliphatic heterocycles. The van der Waals surface area contributed by atoms with Gasteiger partial charge >= 0.3 is 0 Å². The Labute approximate surface area is 110 Å². The van der Waals surface area contributed by atoms with E-state index < -0.39 is 0 Å². The molecule has 2 heterocycles. The number of benzene rings is 1. The lowest BCUT2D eigenvalue weighted by Crippen LogP contribution is -2.35. The zero-order valence-corrected chi connectivity index (χ0v) is 10.3. The fraction of sp³-hybridized carbons (Fsp3) is 0.333. The standard InChI is InChI=1S/C12H14N6O/c19-12(11-5-2-6-13-11)15-9-3-1-4-10(7-9)18-8-14-16-17-18/h1,3-4,7-8,11,13H,2,5-6H2,(H,15,19)/t11-/m1/s1. The molecule has 0 spiro atoms. The van der Waals surface area contributed by atoms with Gasteiger partial charge in [-0.05, 0) is 48.0 Å². The predicted molar refractivity (Wildman–Crippen MR) is 68.8 cm³/mol. The fourth-order valence-corrected chi connectivity index (χ4v) is 2.14. The first kappa shape index (κ1) is 11.8. The van der Waals surface area contributed by atoms with Crippen molar-refractivity contribution in [3.8, 4) is 5.69 Å². The average molecular weight is 258 g/mol. The molecule has 0 radical (unpaired) electrons. The number of anilines is 1. The molecule has 0 unspecified atom stereocenters. The van der Waals surface area contributed by atoms with E-state index in [4.69, 9.17) is 0 Å². The van der Waals surface area contributed by atoms with Crippen LogP contribution in [0.1, 0.15) is 12.8 Å². The number of hydrogen-bond acceptors (Lipinski definition) is 5. The van der Waals surface area contributed by atoms with Crippen LogP contribution in [0.3, 0.4) is 0 Å². The van der Waals surface area contributed by atoms with Gasteiger partial charge in [0.05, 0.1) is 11.7 Å². The summed E-state index contributed by atoms with van der Waals surface area (Å²) in [6.45, 7) is 0.906. The lowest BCUT2D eigenvalue weighted by Gasteiger charge is -2.11. The Hall–Kier alpha value is -2.28. The van der Waals surface area contributed by atoms with Crippen molar-refractivity contribution in [3.05, 3.63) is 30.6 Å². The van der Waals surface area contributed by atoms with Gasteiger partial charge in [-0.1, -0.05) is 6.07 Å². The van der Waals surface area contributed by atoms with Crippen molar-refractivity contribution in [2.45, 2.75) is 18.9 Å². The van der Waals surface area contributed by atoms with Crippen LogP contribution in [0.2, 0.25) is 0 Å². The monoisotopic (exact) mass is 258 g/mol. The number of carbonyl (C=O) groups excluding carboxylic acids is 1. The highest BCUT2D eigenvalue weighted by atomic mass is 16.2. The molecule has 0 aliphatic carbocycles. The molecule has 1 aliphatic rings. The molecule has 19 heavy (non-hydrogen) atoms. The summed E-state index contributed by atoms with van der Waals surface area (Å²) in [6.07, 6.45) is 3.45. The molecule has 7 heteroatoms. The summed E-state index contributed by atoms with van der Waals surface area (Å²) >= 11 is 0. The molecule has 1 fully saturated rings. The molecule has 0 bridgehead atoms. The quantitative estimate of drug-likeness (QED) is 0.830. The second-order valence-corrected chi connectivity index (χ2v) is 4.44. The van der Waals surface area contributed by atoms with Gasteiger partial charge in [0.15, 0.2) is 0 Å². The molecule has 1 atom stereocenters. The van der Waals surface area contributed by atoms with Crippen LogP contribution in [-0.4, -0.2) is 38.7 Å². The molecule has 1 aromatic carbocycles. The summed E-state index contributed by atoms with van der Waals surface area (Å²) in [5.41, 5.74) is 1.55. The van der Waals surface area contributed by atoms with Gasteiger partial charge in [-0.2, -0.15) is 0 Å². The van der Waals surface area contributed by atoms with Crippen LogP contribution < -0.4 is 10.6 Å². The molecule has 1 saturated heterocycles. The molecule has 98 valence electrons. The van der Waals surface area contributed by atoms with Gasteiger partial charge in [0.25, 0.3) is 0 Å². The van der Waals surface area contributed by atoms with E-state index in [0.29, 0.717) is 0 Å². The summed E-state index contributed by atoms with van der Waals surface area (Å²) in [5, 5.41) is 17.1. The van der Waals surface area contributed by atoms with Crippen LogP contribution in [0.5, 0.6) is 0 Å². The van der Waals surface area contributed by atoms with Crippen molar-refractivity contribution in [2.24, 2.45) is 0 Å². The van der Waals surface area contributed by atoms with Crippen LogP contribution >= 0.6 is 0 Å². The number of amides is 1. The normalized spacial score (nSPS) is 18.4. The van der Waals surface area contributed by atoms with Crippen LogP contribution in [0.25, 0.3) is 5.69 Å². The second-order valence-electron chi connectivity index (χ2n) is 4.44. The first-order chi connectivity index (χ1) is 9.33. The number of aromatic nitrogens is 4. The van der Waals surface area contributed by atoms with Crippen LogP contribution in [0.4, 0.5) is 5.69 Å². The van der Waals surface area contributed by atoms with Crippen molar-refractivity contribution in [3.63, 3.8) is 0 Å². The van der Waals surface area contributed by atoms with Crippen LogP contribution in [0.15, 0.2) is 30.6 Å². The molecule has 0 saturated carbocycles. The van der Waals surface area contributed by atoms with Crippen molar-refractivity contribution in [1.82, 2.24) is 25.5 Å². The molecule has 7 nitrogen and oxygen atoms in total. The molecular formula is C12H14N6O. The van der Waals surface area contributed by atoms with Gasteiger partial charge in [0, 0.05) is 5.69 Å². The Kier molecular flexibility index (Phi) is 3.20. The van der Waals surface area contributed by atoms with E-state index in [1.807, 2.05) is 24.3 Å². The van der Waals surface area contributed by atoms with E-state index >= 15 is 0 Å². The van der Waals surface area contributed by atoms with E-state index in [0.717, 1.165) is 30.8 Å². The van der Waals surface area contributed by atoms with Gasteiger partial charge in [-0.15, -0.1) is 5.10 Å². The van der Waals surface area contributed by atoms with Crippen LogP contribution in [0, 0.1) is 0 Å². The minimum absolute atomic E-state index is 0.00589. The molecule has 3 rings (SSSR count). The van der Waals surface area contributed by atoms with Gasteiger partial charge in [-0.25, -0.2) is 4.68 Å². The SMILES string of the molecule is O=C(Nc1cccc(-n2cnnn2)c1)[C@H]1CCCN1.